The summed E-state index contributed by atoms with van der Waals surface area (Å²) in [5, 5.41) is 11.7. The second-order valence-electron chi connectivity index (χ2n) is 3.68. The van der Waals surface area contributed by atoms with E-state index in [2.05, 4.69) is 16.9 Å². The lowest BCUT2D eigenvalue weighted by atomic mass is 10.3. The third kappa shape index (κ3) is 3.30. The van der Waals surface area contributed by atoms with Crippen LogP contribution in [-0.2, 0) is 9.84 Å². The lowest BCUT2D eigenvalue weighted by molar-refractivity contribution is 0.187. The molecular weight excluding hydrogens is 288 g/mol. The van der Waals surface area contributed by atoms with Gasteiger partial charge in [0, 0.05) is 6.54 Å². The summed E-state index contributed by atoms with van der Waals surface area (Å²) >= 11 is 4.60. The Kier molecular flexibility index (Phi) is 4.52. The topological polar surface area (TPSA) is 66.4 Å². The van der Waals surface area contributed by atoms with Crippen molar-refractivity contribution in [3.63, 3.8) is 0 Å². The molecule has 102 valence electrons. The Morgan fingerprint density at radius 2 is 2.00 bits per heavy atom. The maximum Gasteiger partial charge on any atom is 0.427 e. The van der Waals surface area contributed by atoms with E-state index in [0.717, 1.165) is 6.07 Å². The van der Waals surface area contributed by atoms with Gasteiger partial charge in [-0.1, -0.05) is 12.1 Å². The van der Waals surface area contributed by atoms with Crippen molar-refractivity contribution in [2.45, 2.75) is 22.6 Å². The molecule has 1 aromatic rings. The summed E-state index contributed by atoms with van der Waals surface area (Å²) in [5.74, 6) is 0. The summed E-state index contributed by atoms with van der Waals surface area (Å²) in [6.45, 7) is 1.50. The van der Waals surface area contributed by atoms with Crippen LogP contribution in [0.15, 0.2) is 29.2 Å². The Morgan fingerprint density at radius 3 is 2.50 bits per heavy atom. The van der Waals surface area contributed by atoms with E-state index in [-0.39, 0.29) is 12.2 Å². The smallest absolute Gasteiger partial charge is 0.392 e. The highest BCUT2D eigenvalue weighted by Crippen LogP contribution is 2.35. The number of hydrogen-bond acceptors (Lipinski definition) is 4. The van der Waals surface area contributed by atoms with Gasteiger partial charge in [0.15, 0.2) is 0 Å². The second kappa shape index (κ2) is 5.38. The van der Waals surface area contributed by atoms with Crippen molar-refractivity contribution < 1.29 is 22.3 Å². The summed E-state index contributed by atoms with van der Waals surface area (Å²) in [4.78, 5) is -0.606. The number of para-hydroxylation sites is 1. The van der Waals surface area contributed by atoms with Gasteiger partial charge in [-0.25, -0.2) is 8.42 Å². The first kappa shape index (κ1) is 15.1. The number of aliphatic hydroxyl groups excluding tert-OH is 1. The highest BCUT2D eigenvalue weighted by molar-refractivity contribution is 7.93. The highest BCUT2D eigenvalue weighted by atomic mass is 35.5. The molecule has 18 heavy (non-hydrogen) atoms. The van der Waals surface area contributed by atoms with Gasteiger partial charge in [-0.3, -0.25) is 0 Å². The van der Waals surface area contributed by atoms with Crippen LogP contribution in [-0.4, -0.2) is 30.9 Å². The van der Waals surface area contributed by atoms with E-state index in [4.69, 9.17) is 5.11 Å². The first-order valence-electron chi connectivity index (χ1n) is 4.98. The van der Waals surface area contributed by atoms with Gasteiger partial charge in [-0.2, -0.15) is 8.78 Å². The molecule has 1 atom stereocenters. The zero-order chi connectivity index (χ0) is 14.0. The minimum absolute atomic E-state index is 0.0282. The predicted octanol–water partition coefficient (Wildman–Crippen LogP) is 2.04. The van der Waals surface area contributed by atoms with Crippen molar-refractivity contribution in [2.24, 2.45) is 0 Å². The average Bonchev–Trinajstić information content (AvgIpc) is 2.25. The zero-order valence-electron chi connectivity index (χ0n) is 9.40. The molecule has 0 aliphatic rings. The van der Waals surface area contributed by atoms with E-state index in [1.54, 1.807) is 0 Å². The van der Waals surface area contributed by atoms with Gasteiger partial charge in [0.25, 0.3) is 9.84 Å². The molecule has 0 aliphatic heterocycles. The number of hydrogen-bond donors (Lipinski definition) is 2. The van der Waals surface area contributed by atoms with Gasteiger partial charge in [0.05, 0.1) is 16.7 Å². The summed E-state index contributed by atoms with van der Waals surface area (Å²) in [6.07, 6.45) is -0.753. The van der Waals surface area contributed by atoms with Gasteiger partial charge in [0.1, 0.15) is 0 Å². The molecule has 0 spiro atoms. The van der Waals surface area contributed by atoms with Crippen molar-refractivity contribution in [3.8, 4) is 0 Å². The molecule has 0 amide bonds. The predicted molar refractivity (Wildman–Crippen MR) is 64.6 cm³/mol. The minimum Gasteiger partial charge on any atom is -0.392 e. The SMILES string of the molecule is CC(O)CNc1ccccc1S(=O)(=O)C(F)(F)Cl. The zero-order valence-corrected chi connectivity index (χ0v) is 11.0. The van der Waals surface area contributed by atoms with Gasteiger partial charge in [0.2, 0.25) is 0 Å². The summed E-state index contributed by atoms with van der Waals surface area (Å²) in [5.41, 5.74) is -0.0290. The third-order valence-electron chi connectivity index (χ3n) is 2.07. The van der Waals surface area contributed by atoms with Crippen molar-refractivity contribution in [1.82, 2.24) is 0 Å². The van der Waals surface area contributed by atoms with E-state index in [9.17, 15) is 17.2 Å². The average molecular weight is 300 g/mol. The first-order chi connectivity index (χ1) is 8.16. The number of benzene rings is 1. The maximum atomic E-state index is 12.9. The molecule has 0 radical (unpaired) electrons. The summed E-state index contributed by atoms with van der Waals surface area (Å²) in [6, 6.07) is 5.13. The molecule has 0 fully saturated rings. The summed E-state index contributed by atoms with van der Waals surface area (Å²) < 4.78 is 44.4. The normalized spacial score (nSPS) is 14.3. The van der Waals surface area contributed by atoms with E-state index in [1.807, 2.05) is 0 Å². The van der Waals surface area contributed by atoms with Crippen molar-refractivity contribution in [3.05, 3.63) is 24.3 Å². The number of sulfone groups is 1. The van der Waals surface area contributed by atoms with Gasteiger partial charge in [-0.15, -0.1) is 0 Å². The molecule has 0 aliphatic carbocycles. The second-order valence-corrected chi connectivity index (χ2v) is 6.33. The van der Waals surface area contributed by atoms with E-state index in [1.165, 1.54) is 25.1 Å². The Morgan fingerprint density at radius 1 is 1.44 bits per heavy atom. The molecule has 0 aromatic heterocycles. The van der Waals surface area contributed by atoms with E-state index < -0.39 is 25.6 Å². The van der Waals surface area contributed by atoms with Crippen LogP contribution < -0.4 is 5.32 Å². The van der Waals surface area contributed by atoms with Crippen LogP contribution in [0.25, 0.3) is 0 Å². The Labute approximate surface area is 108 Å². The fraction of sp³-hybridized carbons (Fsp3) is 0.400. The number of anilines is 1. The Hall–Kier alpha value is -0.920. The number of alkyl halides is 3. The monoisotopic (exact) mass is 299 g/mol. The van der Waals surface area contributed by atoms with E-state index >= 15 is 0 Å². The molecule has 1 rings (SSSR count). The molecule has 0 saturated heterocycles. The van der Waals surface area contributed by atoms with E-state index in [0.29, 0.717) is 0 Å². The number of nitrogens with one attached hydrogen (secondary N) is 1. The quantitative estimate of drug-likeness (QED) is 0.817. The Balaban J connectivity index is 3.18. The van der Waals surface area contributed by atoms with Crippen LogP contribution in [0, 0.1) is 0 Å². The molecule has 4 nitrogen and oxygen atoms in total. The van der Waals surface area contributed by atoms with Crippen LogP contribution in [0.1, 0.15) is 6.92 Å². The molecular formula is C10H12ClF2NO3S. The third-order valence-corrected chi connectivity index (χ3v) is 4.22. The fourth-order valence-corrected chi connectivity index (χ4v) is 2.42. The maximum absolute atomic E-state index is 12.9. The molecule has 0 saturated carbocycles. The molecule has 0 heterocycles. The lowest BCUT2D eigenvalue weighted by Crippen LogP contribution is -2.24. The van der Waals surface area contributed by atoms with Crippen LogP contribution in [0.4, 0.5) is 14.5 Å². The van der Waals surface area contributed by atoms with Crippen molar-refractivity contribution in [2.75, 3.05) is 11.9 Å². The standard InChI is InChI=1S/C10H12ClF2NO3S/c1-7(15)6-14-8-4-2-3-5-9(8)18(16,17)10(11,12)13/h2-5,7,14-15H,6H2,1H3. The molecule has 8 heteroatoms. The first-order valence-corrected chi connectivity index (χ1v) is 6.84. The van der Waals surface area contributed by atoms with Crippen LogP contribution in [0.5, 0.6) is 0 Å². The molecule has 2 N–H and O–H groups in total. The Bertz CT molecular complexity index is 514. The minimum atomic E-state index is -4.97. The van der Waals surface area contributed by atoms with Crippen molar-refractivity contribution in [1.29, 1.82) is 0 Å². The number of halogens is 3. The number of rotatable bonds is 5. The molecule has 1 aromatic carbocycles. The van der Waals surface area contributed by atoms with Crippen LogP contribution >= 0.6 is 11.6 Å². The molecule has 0 bridgehead atoms. The summed E-state index contributed by atoms with van der Waals surface area (Å²) in [7, 11) is -4.97. The number of aliphatic hydroxyl groups is 1. The largest absolute Gasteiger partial charge is 0.427 e. The van der Waals surface area contributed by atoms with Gasteiger partial charge >= 0.3 is 4.71 Å². The fourth-order valence-electron chi connectivity index (χ4n) is 1.23. The van der Waals surface area contributed by atoms with Crippen LogP contribution in [0.3, 0.4) is 0 Å². The molecule has 1 unspecified atom stereocenters. The highest BCUT2D eigenvalue weighted by Gasteiger charge is 2.45. The lowest BCUT2D eigenvalue weighted by Gasteiger charge is -2.15. The van der Waals surface area contributed by atoms with Crippen molar-refractivity contribution >= 4 is 27.1 Å². The van der Waals surface area contributed by atoms with Gasteiger partial charge in [-0.05, 0) is 30.7 Å². The van der Waals surface area contributed by atoms with Crippen LogP contribution in [0.2, 0.25) is 0 Å². The van der Waals surface area contributed by atoms with Gasteiger partial charge < -0.3 is 10.4 Å².